The van der Waals surface area contributed by atoms with Crippen LogP contribution in [0.2, 0.25) is 0 Å². The summed E-state index contributed by atoms with van der Waals surface area (Å²) in [6.45, 7) is 9.83. The maximum absolute atomic E-state index is 12.6. The number of hydrogen-bond donors (Lipinski definition) is 1. The lowest BCUT2D eigenvalue weighted by Crippen LogP contribution is -2.39. The van der Waals surface area contributed by atoms with E-state index in [9.17, 15) is 4.79 Å². The lowest BCUT2D eigenvalue weighted by atomic mass is 10.2. The number of unbranched alkanes of at least 4 members (excludes halogenated alkanes) is 1. The summed E-state index contributed by atoms with van der Waals surface area (Å²) < 4.78 is 0. The number of nitrogens with one attached hydrogen (secondary N) is 1. The third-order valence-corrected chi connectivity index (χ3v) is 3.35. The van der Waals surface area contributed by atoms with Crippen molar-refractivity contribution >= 4 is 11.7 Å². The molecule has 0 spiro atoms. The Bertz CT molecular complexity index is 422. The Morgan fingerprint density at radius 2 is 2.10 bits per heavy atom. The summed E-state index contributed by atoms with van der Waals surface area (Å²) in [6.07, 6.45) is 6.21. The minimum absolute atomic E-state index is 0.0277. The van der Waals surface area contributed by atoms with Crippen molar-refractivity contribution in [1.82, 2.24) is 14.9 Å². The van der Waals surface area contributed by atoms with E-state index in [1.807, 2.05) is 11.8 Å². The number of anilines is 1. The van der Waals surface area contributed by atoms with Crippen LogP contribution >= 0.6 is 0 Å². The smallest absolute Gasteiger partial charge is 0.274 e. The normalized spacial score (nSPS) is 12.0. The van der Waals surface area contributed by atoms with Gasteiger partial charge in [-0.1, -0.05) is 20.3 Å². The standard InChI is InChI=1S/C15H26N4O/c1-5-8-9-19(12(4)6-2)15(20)13-10-16-11-14(18-13)17-7-3/h10-12H,5-9H2,1-4H3,(H,17,18). The Balaban J connectivity index is 2.89. The maximum atomic E-state index is 12.6. The van der Waals surface area contributed by atoms with Gasteiger partial charge in [-0.15, -0.1) is 0 Å². The summed E-state index contributed by atoms with van der Waals surface area (Å²) >= 11 is 0. The van der Waals surface area contributed by atoms with Crippen LogP contribution in [-0.4, -0.2) is 39.9 Å². The molecule has 0 aromatic carbocycles. The van der Waals surface area contributed by atoms with Crippen molar-refractivity contribution in [3.05, 3.63) is 18.1 Å². The molecular weight excluding hydrogens is 252 g/mol. The highest BCUT2D eigenvalue weighted by Gasteiger charge is 2.21. The van der Waals surface area contributed by atoms with Crippen LogP contribution in [0.4, 0.5) is 5.82 Å². The predicted molar refractivity (Wildman–Crippen MR) is 81.9 cm³/mol. The van der Waals surface area contributed by atoms with Gasteiger partial charge in [-0.3, -0.25) is 9.78 Å². The molecule has 0 saturated heterocycles. The number of carbonyl (C=O) groups is 1. The first-order valence-corrected chi connectivity index (χ1v) is 7.50. The highest BCUT2D eigenvalue weighted by atomic mass is 16.2. The Kier molecular flexibility index (Phi) is 6.98. The molecule has 5 heteroatoms. The average Bonchev–Trinajstić information content (AvgIpc) is 2.47. The third kappa shape index (κ3) is 4.47. The van der Waals surface area contributed by atoms with E-state index < -0.39 is 0 Å². The average molecular weight is 278 g/mol. The van der Waals surface area contributed by atoms with Gasteiger partial charge >= 0.3 is 0 Å². The fourth-order valence-electron chi connectivity index (χ4n) is 1.95. The van der Waals surface area contributed by atoms with Crippen LogP contribution in [0, 0.1) is 0 Å². The molecule has 1 aromatic rings. The zero-order valence-corrected chi connectivity index (χ0v) is 13.0. The van der Waals surface area contributed by atoms with Crippen LogP contribution in [0.5, 0.6) is 0 Å². The highest BCUT2D eigenvalue weighted by Crippen LogP contribution is 2.12. The first kappa shape index (κ1) is 16.4. The van der Waals surface area contributed by atoms with E-state index in [4.69, 9.17) is 0 Å². The molecular formula is C15H26N4O. The van der Waals surface area contributed by atoms with Crippen LogP contribution in [0.1, 0.15) is 57.4 Å². The molecule has 1 aromatic heterocycles. The molecule has 0 radical (unpaired) electrons. The fourth-order valence-corrected chi connectivity index (χ4v) is 1.95. The van der Waals surface area contributed by atoms with Crippen molar-refractivity contribution in [3.8, 4) is 0 Å². The van der Waals surface area contributed by atoms with E-state index in [1.165, 1.54) is 0 Å². The van der Waals surface area contributed by atoms with Gasteiger partial charge in [0.05, 0.1) is 12.4 Å². The summed E-state index contributed by atoms with van der Waals surface area (Å²) in [5, 5.41) is 3.08. The zero-order chi connectivity index (χ0) is 15.0. The van der Waals surface area contributed by atoms with E-state index in [2.05, 4.69) is 36.1 Å². The third-order valence-electron chi connectivity index (χ3n) is 3.35. The van der Waals surface area contributed by atoms with Crippen molar-refractivity contribution in [2.75, 3.05) is 18.4 Å². The van der Waals surface area contributed by atoms with Crippen LogP contribution in [-0.2, 0) is 0 Å². The van der Waals surface area contributed by atoms with E-state index in [0.29, 0.717) is 11.5 Å². The molecule has 0 bridgehead atoms. The molecule has 5 nitrogen and oxygen atoms in total. The number of hydrogen-bond acceptors (Lipinski definition) is 4. The van der Waals surface area contributed by atoms with Gasteiger partial charge in [0, 0.05) is 19.1 Å². The second-order valence-electron chi connectivity index (χ2n) is 4.93. The minimum Gasteiger partial charge on any atom is -0.369 e. The summed E-state index contributed by atoms with van der Waals surface area (Å²) in [5.74, 6) is 0.623. The lowest BCUT2D eigenvalue weighted by Gasteiger charge is -2.28. The molecule has 1 unspecified atom stereocenters. The second kappa shape index (κ2) is 8.51. The second-order valence-corrected chi connectivity index (χ2v) is 4.93. The minimum atomic E-state index is -0.0277. The molecule has 1 atom stereocenters. The topological polar surface area (TPSA) is 58.1 Å². The highest BCUT2D eigenvalue weighted by molar-refractivity contribution is 5.92. The monoisotopic (exact) mass is 278 g/mol. The van der Waals surface area contributed by atoms with Crippen LogP contribution in [0.15, 0.2) is 12.4 Å². The molecule has 0 saturated carbocycles. The van der Waals surface area contributed by atoms with Gasteiger partial charge in [0.15, 0.2) is 0 Å². The number of carbonyl (C=O) groups excluding carboxylic acids is 1. The first-order chi connectivity index (χ1) is 9.63. The van der Waals surface area contributed by atoms with Crippen molar-refractivity contribution in [2.24, 2.45) is 0 Å². The first-order valence-electron chi connectivity index (χ1n) is 7.50. The van der Waals surface area contributed by atoms with E-state index >= 15 is 0 Å². The van der Waals surface area contributed by atoms with Crippen molar-refractivity contribution < 1.29 is 4.79 Å². The van der Waals surface area contributed by atoms with Gasteiger partial charge < -0.3 is 10.2 Å². The largest absolute Gasteiger partial charge is 0.369 e. The number of amides is 1. The van der Waals surface area contributed by atoms with Crippen molar-refractivity contribution in [1.29, 1.82) is 0 Å². The predicted octanol–water partition coefficient (Wildman–Crippen LogP) is 2.95. The van der Waals surface area contributed by atoms with Crippen LogP contribution < -0.4 is 5.32 Å². The Hall–Kier alpha value is -1.65. The molecule has 1 heterocycles. The van der Waals surface area contributed by atoms with Crippen molar-refractivity contribution in [3.63, 3.8) is 0 Å². The van der Waals surface area contributed by atoms with Gasteiger partial charge in [0.25, 0.3) is 5.91 Å². The maximum Gasteiger partial charge on any atom is 0.274 e. The molecule has 0 aliphatic rings. The Labute approximate surface area is 121 Å². The Morgan fingerprint density at radius 3 is 2.70 bits per heavy atom. The van der Waals surface area contributed by atoms with Gasteiger partial charge in [0.1, 0.15) is 11.5 Å². The molecule has 20 heavy (non-hydrogen) atoms. The van der Waals surface area contributed by atoms with Gasteiger partial charge in [-0.05, 0) is 26.7 Å². The summed E-state index contributed by atoms with van der Waals surface area (Å²) in [6, 6.07) is 0.221. The number of aromatic nitrogens is 2. The fraction of sp³-hybridized carbons (Fsp3) is 0.667. The van der Waals surface area contributed by atoms with Crippen LogP contribution in [0.25, 0.3) is 0 Å². The number of nitrogens with zero attached hydrogens (tertiary/aromatic N) is 3. The molecule has 0 aliphatic heterocycles. The summed E-state index contributed by atoms with van der Waals surface area (Å²) in [4.78, 5) is 23.0. The quantitative estimate of drug-likeness (QED) is 0.794. The van der Waals surface area contributed by atoms with Gasteiger partial charge in [-0.25, -0.2) is 4.98 Å². The van der Waals surface area contributed by atoms with E-state index in [0.717, 1.165) is 32.4 Å². The Morgan fingerprint density at radius 1 is 1.35 bits per heavy atom. The molecule has 1 N–H and O–H groups in total. The molecule has 1 rings (SSSR count). The zero-order valence-electron chi connectivity index (χ0n) is 13.0. The SMILES string of the molecule is CCCCN(C(=O)c1cncc(NCC)n1)C(C)CC. The molecule has 112 valence electrons. The summed E-state index contributed by atoms with van der Waals surface area (Å²) in [5.41, 5.74) is 0.417. The molecule has 0 aliphatic carbocycles. The van der Waals surface area contributed by atoms with Gasteiger partial charge in [0.2, 0.25) is 0 Å². The lowest BCUT2D eigenvalue weighted by molar-refractivity contribution is 0.0679. The van der Waals surface area contributed by atoms with E-state index in [1.54, 1.807) is 12.4 Å². The molecule has 1 amide bonds. The van der Waals surface area contributed by atoms with Crippen LogP contribution in [0.3, 0.4) is 0 Å². The van der Waals surface area contributed by atoms with E-state index in [-0.39, 0.29) is 11.9 Å². The van der Waals surface area contributed by atoms with Gasteiger partial charge in [-0.2, -0.15) is 0 Å². The number of rotatable bonds is 8. The summed E-state index contributed by atoms with van der Waals surface area (Å²) in [7, 11) is 0. The molecule has 0 fully saturated rings. The van der Waals surface area contributed by atoms with Crippen molar-refractivity contribution in [2.45, 2.75) is 53.0 Å².